The molecule has 1 amide bonds. The third kappa shape index (κ3) is 26.5. The molecule has 0 aromatic heterocycles. The van der Waals surface area contributed by atoms with E-state index in [9.17, 15) is 15.0 Å². The summed E-state index contributed by atoms with van der Waals surface area (Å²) in [5, 5.41) is 22.7. The molecule has 0 radical (unpaired) electrons. The third-order valence-electron chi connectivity index (χ3n) is 7.44. The van der Waals surface area contributed by atoms with Gasteiger partial charge in [0.25, 0.3) is 0 Å². The van der Waals surface area contributed by atoms with Gasteiger partial charge in [0.05, 0.1) is 18.8 Å². The Balaban J connectivity index is 3.66. The van der Waals surface area contributed by atoms with Gasteiger partial charge in [0, 0.05) is 6.42 Å². The summed E-state index contributed by atoms with van der Waals surface area (Å²) < 4.78 is 0. The van der Waals surface area contributed by atoms with Gasteiger partial charge in [0.15, 0.2) is 0 Å². The molecular weight excluding hydrogens is 470 g/mol. The fourth-order valence-electron chi connectivity index (χ4n) is 4.84. The van der Waals surface area contributed by atoms with Crippen LogP contribution in [0.3, 0.4) is 0 Å². The van der Waals surface area contributed by atoms with E-state index < -0.39 is 12.1 Å². The van der Waals surface area contributed by atoms with Gasteiger partial charge in [0.1, 0.15) is 0 Å². The van der Waals surface area contributed by atoms with E-state index in [4.69, 9.17) is 0 Å². The number of nitrogens with one attached hydrogen (secondary N) is 1. The largest absolute Gasteiger partial charge is 0.394 e. The number of unbranched alkanes of at least 4 members (excludes halogenated alkanes) is 20. The zero-order chi connectivity index (χ0) is 27.9. The molecule has 0 fully saturated rings. The summed E-state index contributed by atoms with van der Waals surface area (Å²) in [7, 11) is 0. The number of aliphatic hydroxyl groups is 2. The number of hydrogen-bond acceptors (Lipinski definition) is 3. The molecule has 0 aromatic carbocycles. The highest BCUT2D eigenvalue weighted by Gasteiger charge is 2.17. The summed E-state index contributed by atoms with van der Waals surface area (Å²) in [5.74, 6) is -0.0759. The summed E-state index contributed by atoms with van der Waals surface area (Å²) in [6.07, 6.45) is 36.8. The molecule has 0 unspecified atom stereocenters. The molecular formula is C34H65NO3. The maximum Gasteiger partial charge on any atom is 0.220 e. The van der Waals surface area contributed by atoms with E-state index in [1.54, 1.807) is 6.08 Å². The van der Waals surface area contributed by atoms with Crippen LogP contribution in [0.25, 0.3) is 0 Å². The normalized spacial score (nSPS) is 13.5. The minimum atomic E-state index is -0.854. The summed E-state index contributed by atoms with van der Waals surface area (Å²) in [6.45, 7) is 4.26. The van der Waals surface area contributed by atoms with Gasteiger partial charge in [-0.15, -0.1) is 0 Å². The van der Waals surface area contributed by atoms with E-state index >= 15 is 0 Å². The molecule has 0 saturated heterocycles. The molecule has 0 saturated carbocycles. The third-order valence-corrected chi connectivity index (χ3v) is 7.44. The first-order valence-electron chi connectivity index (χ1n) is 16.6. The van der Waals surface area contributed by atoms with Crippen LogP contribution < -0.4 is 5.32 Å². The Hall–Kier alpha value is -1.13. The maximum atomic E-state index is 12.2. The molecule has 3 N–H and O–H groups in total. The summed E-state index contributed by atoms with van der Waals surface area (Å²) >= 11 is 0. The molecule has 0 bridgehead atoms. The number of rotatable bonds is 29. The second kappa shape index (κ2) is 30.4. The minimum absolute atomic E-state index is 0.0759. The molecule has 224 valence electrons. The van der Waals surface area contributed by atoms with E-state index in [1.165, 1.54) is 116 Å². The SMILES string of the molecule is CCCCCCC/C=C/CC/C=C/[C@@H](O)[C@H](CO)NC(=O)CCCCCCCCCCCCCCCCC. The van der Waals surface area contributed by atoms with Crippen molar-refractivity contribution in [1.29, 1.82) is 0 Å². The number of amides is 1. The van der Waals surface area contributed by atoms with Gasteiger partial charge in [-0.1, -0.05) is 154 Å². The van der Waals surface area contributed by atoms with Gasteiger partial charge in [-0.25, -0.2) is 0 Å². The van der Waals surface area contributed by atoms with Crippen molar-refractivity contribution in [2.75, 3.05) is 6.61 Å². The van der Waals surface area contributed by atoms with Crippen LogP contribution in [-0.4, -0.2) is 34.9 Å². The standard InChI is InChI=1S/C34H65NO3/c1-3-5-7-9-11-13-15-16-17-18-20-22-24-26-28-30-34(38)35-32(31-36)33(37)29-27-25-23-21-19-14-12-10-8-6-4-2/h19,21,27,29,32-33,36-37H,3-18,20,22-26,28,30-31H2,1-2H3,(H,35,38)/b21-19+,29-27+/t32-,33+/m0/s1. The Kier molecular flexibility index (Phi) is 29.5. The van der Waals surface area contributed by atoms with E-state index in [-0.39, 0.29) is 12.5 Å². The highest BCUT2D eigenvalue weighted by molar-refractivity contribution is 5.76. The molecule has 0 aliphatic carbocycles. The van der Waals surface area contributed by atoms with Gasteiger partial charge in [0.2, 0.25) is 5.91 Å². The van der Waals surface area contributed by atoms with Crippen molar-refractivity contribution in [3.8, 4) is 0 Å². The van der Waals surface area contributed by atoms with E-state index in [0.29, 0.717) is 6.42 Å². The lowest BCUT2D eigenvalue weighted by Gasteiger charge is -2.19. The lowest BCUT2D eigenvalue weighted by molar-refractivity contribution is -0.123. The van der Waals surface area contributed by atoms with Crippen molar-refractivity contribution in [3.05, 3.63) is 24.3 Å². The van der Waals surface area contributed by atoms with Crippen LogP contribution >= 0.6 is 0 Å². The van der Waals surface area contributed by atoms with Crippen molar-refractivity contribution in [2.45, 2.75) is 180 Å². The number of hydrogen-bond donors (Lipinski definition) is 3. The van der Waals surface area contributed by atoms with Crippen molar-refractivity contribution >= 4 is 5.91 Å². The van der Waals surface area contributed by atoms with Crippen LogP contribution in [0.5, 0.6) is 0 Å². The number of aliphatic hydroxyl groups excluding tert-OH is 2. The predicted molar refractivity (Wildman–Crippen MR) is 165 cm³/mol. The molecule has 0 aromatic rings. The van der Waals surface area contributed by atoms with Gasteiger partial charge in [-0.05, 0) is 32.1 Å². The zero-order valence-electron chi connectivity index (χ0n) is 25.4. The average molecular weight is 536 g/mol. The molecule has 2 atom stereocenters. The van der Waals surface area contributed by atoms with Crippen LogP contribution in [0.4, 0.5) is 0 Å². The lowest BCUT2D eigenvalue weighted by atomic mass is 10.0. The molecule has 0 spiro atoms. The monoisotopic (exact) mass is 535 g/mol. The van der Waals surface area contributed by atoms with Crippen molar-refractivity contribution < 1.29 is 15.0 Å². The van der Waals surface area contributed by atoms with E-state index in [2.05, 4.69) is 31.3 Å². The molecule has 38 heavy (non-hydrogen) atoms. The Bertz CT molecular complexity index is 546. The second-order valence-electron chi connectivity index (χ2n) is 11.2. The highest BCUT2D eigenvalue weighted by atomic mass is 16.3. The van der Waals surface area contributed by atoms with Crippen LogP contribution in [0.1, 0.15) is 168 Å². The fraction of sp³-hybridized carbons (Fsp3) is 0.853. The Morgan fingerprint density at radius 3 is 1.53 bits per heavy atom. The van der Waals surface area contributed by atoms with Crippen LogP contribution in [-0.2, 0) is 4.79 Å². The smallest absolute Gasteiger partial charge is 0.220 e. The lowest BCUT2D eigenvalue weighted by Crippen LogP contribution is -2.45. The summed E-state index contributed by atoms with van der Waals surface area (Å²) in [6, 6.07) is -0.631. The Morgan fingerprint density at radius 1 is 0.605 bits per heavy atom. The van der Waals surface area contributed by atoms with Crippen molar-refractivity contribution in [1.82, 2.24) is 5.32 Å². The number of carbonyl (C=O) groups is 1. The molecule has 0 aliphatic rings. The summed E-state index contributed by atoms with van der Waals surface area (Å²) in [5.41, 5.74) is 0. The molecule has 0 rings (SSSR count). The number of carbonyl (C=O) groups excluding carboxylic acids is 1. The van der Waals surface area contributed by atoms with Crippen LogP contribution in [0, 0.1) is 0 Å². The van der Waals surface area contributed by atoms with Gasteiger partial charge in [-0.2, -0.15) is 0 Å². The minimum Gasteiger partial charge on any atom is -0.394 e. The topological polar surface area (TPSA) is 69.6 Å². The molecule has 0 aliphatic heterocycles. The Morgan fingerprint density at radius 2 is 1.03 bits per heavy atom. The summed E-state index contributed by atoms with van der Waals surface area (Å²) in [4.78, 5) is 12.2. The predicted octanol–water partition coefficient (Wildman–Crippen LogP) is 9.34. The fourth-order valence-corrected chi connectivity index (χ4v) is 4.84. The quantitative estimate of drug-likeness (QED) is 0.0660. The highest BCUT2D eigenvalue weighted by Crippen LogP contribution is 2.14. The average Bonchev–Trinajstić information content (AvgIpc) is 2.92. The van der Waals surface area contributed by atoms with Gasteiger partial charge >= 0.3 is 0 Å². The zero-order valence-corrected chi connectivity index (χ0v) is 25.4. The van der Waals surface area contributed by atoms with E-state index in [0.717, 1.165) is 32.1 Å². The number of allylic oxidation sites excluding steroid dienone is 3. The first kappa shape index (κ1) is 36.9. The molecule has 4 nitrogen and oxygen atoms in total. The van der Waals surface area contributed by atoms with Crippen molar-refractivity contribution in [3.63, 3.8) is 0 Å². The first-order chi connectivity index (χ1) is 18.7. The van der Waals surface area contributed by atoms with Crippen molar-refractivity contribution in [2.24, 2.45) is 0 Å². The van der Waals surface area contributed by atoms with E-state index in [1.807, 2.05) is 6.08 Å². The molecule has 0 heterocycles. The molecule has 4 heteroatoms. The van der Waals surface area contributed by atoms with Gasteiger partial charge < -0.3 is 15.5 Å². The maximum absolute atomic E-state index is 12.2. The Labute approximate surface area is 237 Å². The van der Waals surface area contributed by atoms with Crippen LogP contribution in [0.15, 0.2) is 24.3 Å². The first-order valence-corrected chi connectivity index (χ1v) is 16.6. The van der Waals surface area contributed by atoms with Gasteiger partial charge in [-0.3, -0.25) is 4.79 Å². The van der Waals surface area contributed by atoms with Crippen LogP contribution in [0.2, 0.25) is 0 Å². The second-order valence-corrected chi connectivity index (χ2v) is 11.2.